The van der Waals surface area contributed by atoms with Gasteiger partial charge < -0.3 is 9.67 Å². The van der Waals surface area contributed by atoms with Gasteiger partial charge in [-0.05, 0) is 43.0 Å². The number of fused-ring (bicyclic) bond motifs is 3. The van der Waals surface area contributed by atoms with Gasteiger partial charge in [-0.1, -0.05) is 0 Å². The number of rotatable bonds is 1. The van der Waals surface area contributed by atoms with Crippen LogP contribution in [0.4, 0.5) is 4.39 Å². The van der Waals surface area contributed by atoms with Gasteiger partial charge in [-0.3, -0.25) is 4.79 Å². The second-order valence-corrected chi connectivity index (χ2v) is 4.92. The number of aryl methyl sites for hydroxylation is 1. The molecule has 1 unspecified atom stereocenters. The molecule has 1 aliphatic carbocycles. The summed E-state index contributed by atoms with van der Waals surface area (Å²) in [6.07, 6.45) is 1.96. The highest BCUT2D eigenvalue weighted by molar-refractivity contribution is 5.86. The lowest BCUT2D eigenvalue weighted by Crippen LogP contribution is -2.22. The Balaban J connectivity index is 2.19. The number of hydrogen-bond acceptors (Lipinski definition) is 1. The van der Waals surface area contributed by atoms with Gasteiger partial charge in [-0.25, -0.2) is 4.39 Å². The average molecular weight is 247 g/mol. The Morgan fingerprint density at radius 3 is 3.00 bits per heavy atom. The summed E-state index contributed by atoms with van der Waals surface area (Å²) in [4.78, 5) is 11.1. The molecule has 1 aromatic heterocycles. The maximum absolute atomic E-state index is 13.3. The van der Waals surface area contributed by atoms with Crippen LogP contribution in [0.15, 0.2) is 18.2 Å². The molecule has 4 heteroatoms. The van der Waals surface area contributed by atoms with Gasteiger partial charge in [0.25, 0.3) is 0 Å². The number of carboxylic acid groups (broad SMARTS) is 1. The fraction of sp³-hybridized carbons (Fsp3) is 0.357. The normalized spacial score (nSPS) is 18.9. The molecule has 94 valence electrons. The molecule has 1 N–H and O–H groups in total. The van der Waals surface area contributed by atoms with Crippen molar-refractivity contribution in [3.63, 3.8) is 0 Å². The van der Waals surface area contributed by atoms with Gasteiger partial charge in [0.2, 0.25) is 0 Å². The summed E-state index contributed by atoms with van der Waals surface area (Å²) in [5, 5.41) is 10.1. The van der Waals surface area contributed by atoms with E-state index < -0.39 is 5.97 Å². The Morgan fingerprint density at radius 2 is 2.28 bits per heavy atom. The minimum atomic E-state index is -0.736. The molecule has 1 aliphatic rings. The van der Waals surface area contributed by atoms with Crippen molar-refractivity contribution in [3.05, 3.63) is 35.3 Å². The van der Waals surface area contributed by atoms with Crippen molar-refractivity contribution in [1.82, 2.24) is 4.57 Å². The smallest absolute Gasteiger partial charge is 0.306 e. The highest BCUT2D eigenvalue weighted by Crippen LogP contribution is 2.34. The summed E-state index contributed by atoms with van der Waals surface area (Å²) in [5.74, 6) is -1.30. The van der Waals surface area contributed by atoms with Crippen LogP contribution in [-0.4, -0.2) is 15.6 Å². The zero-order valence-electron chi connectivity index (χ0n) is 10.1. The molecule has 0 aliphatic heterocycles. The van der Waals surface area contributed by atoms with E-state index in [1.807, 2.05) is 11.6 Å². The first-order chi connectivity index (χ1) is 8.58. The topological polar surface area (TPSA) is 42.2 Å². The standard InChI is InChI=1S/C14H14FNO2/c1-16-12-5-2-8(14(17)18)6-11(12)10-4-3-9(15)7-13(10)16/h3-4,7-8H,2,5-6H2,1H3,(H,17,18). The lowest BCUT2D eigenvalue weighted by atomic mass is 9.86. The summed E-state index contributed by atoms with van der Waals surface area (Å²) in [6.45, 7) is 0. The van der Waals surface area contributed by atoms with E-state index in [0.29, 0.717) is 12.8 Å². The van der Waals surface area contributed by atoms with Gasteiger partial charge in [0.15, 0.2) is 0 Å². The maximum Gasteiger partial charge on any atom is 0.306 e. The number of benzene rings is 1. The van der Waals surface area contributed by atoms with E-state index in [4.69, 9.17) is 5.11 Å². The number of aromatic nitrogens is 1. The highest BCUT2D eigenvalue weighted by atomic mass is 19.1. The van der Waals surface area contributed by atoms with E-state index >= 15 is 0 Å². The minimum absolute atomic E-state index is 0.254. The fourth-order valence-corrected chi connectivity index (χ4v) is 2.96. The lowest BCUT2D eigenvalue weighted by molar-refractivity contribution is -0.142. The average Bonchev–Trinajstić information content (AvgIpc) is 2.62. The lowest BCUT2D eigenvalue weighted by Gasteiger charge is -2.19. The predicted octanol–water partition coefficient (Wildman–Crippen LogP) is 2.51. The van der Waals surface area contributed by atoms with Crippen LogP contribution < -0.4 is 0 Å². The van der Waals surface area contributed by atoms with Crippen molar-refractivity contribution < 1.29 is 14.3 Å². The number of halogens is 1. The first-order valence-corrected chi connectivity index (χ1v) is 6.06. The maximum atomic E-state index is 13.3. The molecule has 0 saturated carbocycles. The van der Waals surface area contributed by atoms with Crippen LogP contribution in [0.1, 0.15) is 17.7 Å². The van der Waals surface area contributed by atoms with E-state index in [2.05, 4.69) is 0 Å². The van der Waals surface area contributed by atoms with Crippen molar-refractivity contribution >= 4 is 16.9 Å². The number of carboxylic acids is 1. The molecule has 0 amide bonds. The summed E-state index contributed by atoms with van der Waals surface area (Å²) >= 11 is 0. The van der Waals surface area contributed by atoms with Gasteiger partial charge >= 0.3 is 5.97 Å². The molecular formula is C14H14FNO2. The Hall–Kier alpha value is -1.84. The third kappa shape index (κ3) is 1.52. The third-order valence-corrected chi connectivity index (χ3v) is 3.93. The van der Waals surface area contributed by atoms with Crippen molar-refractivity contribution in [1.29, 1.82) is 0 Å². The molecule has 2 aromatic rings. The van der Waals surface area contributed by atoms with E-state index in [1.54, 1.807) is 6.07 Å². The van der Waals surface area contributed by atoms with Crippen LogP contribution in [0, 0.1) is 11.7 Å². The predicted molar refractivity (Wildman–Crippen MR) is 66.0 cm³/mol. The SMILES string of the molecule is Cn1c2c(c3ccc(F)cc31)CC(C(=O)O)CC2. The first-order valence-electron chi connectivity index (χ1n) is 6.06. The van der Waals surface area contributed by atoms with Gasteiger partial charge in [0.1, 0.15) is 5.82 Å². The van der Waals surface area contributed by atoms with Crippen molar-refractivity contribution in [3.8, 4) is 0 Å². The monoisotopic (exact) mass is 247 g/mol. The van der Waals surface area contributed by atoms with Crippen molar-refractivity contribution in [2.45, 2.75) is 19.3 Å². The third-order valence-electron chi connectivity index (χ3n) is 3.93. The van der Waals surface area contributed by atoms with Crippen molar-refractivity contribution in [2.75, 3.05) is 0 Å². The summed E-state index contributed by atoms with van der Waals surface area (Å²) < 4.78 is 15.3. The molecule has 1 heterocycles. The minimum Gasteiger partial charge on any atom is -0.481 e. The van der Waals surface area contributed by atoms with E-state index in [-0.39, 0.29) is 11.7 Å². The molecule has 0 fully saturated rings. The van der Waals surface area contributed by atoms with Crippen molar-refractivity contribution in [2.24, 2.45) is 13.0 Å². The zero-order chi connectivity index (χ0) is 12.9. The number of aliphatic carboxylic acids is 1. The molecule has 1 atom stereocenters. The zero-order valence-corrected chi connectivity index (χ0v) is 10.1. The molecule has 0 spiro atoms. The molecule has 3 nitrogen and oxygen atoms in total. The molecule has 0 bridgehead atoms. The van der Waals surface area contributed by atoms with Gasteiger partial charge in [0.05, 0.1) is 11.4 Å². The number of carbonyl (C=O) groups is 1. The fourth-order valence-electron chi connectivity index (χ4n) is 2.96. The molecule has 3 rings (SSSR count). The highest BCUT2D eigenvalue weighted by Gasteiger charge is 2.28. The van der Waals surface area contributed by atoms with Crippen LogP contribution in [-0.2, 0) is 24.7 Å². The molecule has 0 radical (unpaired) electrons. The Kier molecular flexibility index (Phi) is 2.40. The van der Waals surface area contributed by atoms with E-state index in [9.17, 15) is 9.18 Å². The van der Waals surface area contributed by atoms with Gasteiger partial charge in [0, 0.05) is 18.1 Å². The molecule has 18 heavy (non-hydrogen) atoms. The first kappa shape index (κ1) is 11.3. The summed E-state index contributed by atoms with van der Waals surface area (Å²) in [5.41, 5.74) is 3.07. The quantitative estimate of drug-likeness (QED) is 0.841. The number of hydrogen-bond donors (Lipinski definition) is 1. The Bertz CT molecular complexity index is 645. The van der Waals surface area contributed by atoms with E-state index in [0.717, 1.165) is 28.6 Å². The van der Waals surface area contributed by atoms with Gasteiger partial charge in [-0.15, -0.1) is 0 Å². The molecule has 1 aromatic carbocycles. The summed E-state index contributed by atoms with van der Waals surface area (Å²) in [6, 6.07) is 4.71. The summed E-state index contributed by atoms with van der Waals surface area (Å²) in [7, 11) is 1.92. The second-order valence-electron chi connectivity index (χ2n) is 4.92. The Labute approximate surface area is 104 Å². The largest absolute Gasteiger partial charge is 0.481 e. The van der Waals surface area contributed by atoms with Crippen LogP contribution in [0.25, 0.3) is 10.9 Å². The van der Waals surface area contributed by atoms with Crippen LogP contribution in [0.5, 0.6) is 0 Å². The molecule has 0 saturated heterocycles. The van der Waals surface area contributed by atoms with E-state index in [1.165, 1.54) is 12.1 Å². The second kappa shape index (κ2) is 3.83. The van der Waals surface area contributed by atoms with Crippen LogP contribution >= 0.6 is 0 Å². The van der Waals surface area contributed by atoms with Crippen LogP contribution in [0.2, 0.25) is 0 Å². The van der Waals surface area contributed by atoms with Gasteiger partial charge in [-0.2, -0.15) is 0 Å². The van der Waals surface area contributed by atoms with Crippen LogP contribution in [0.3, 0.4) is 0 Å². The molecular weight excluding hydrogens is 233 g/mol. The number of nitrogens with zero attached hydrogens (tertiary/aromatic N) is 1. The Morgan fingerprint density at radius 1 is 1.50 bits per heavy atom.